The molecule has 9 heteroatoms. The molecule has 1 aliphatic carbocycles. The Bertz CT molecular complexity index is 1450. The van der Waals surface area contributed by atoms with Crippen LogP contribution in [-0.2, 0) is 4.79 Å². The number of rotatable bonds is 8. The van der Waals surface area contributed by atoms with E-state index in [-0.39, 0.29) is 11.9 Å². The van der Waals surface area contributed by atoms with E-state index in [0.29, 0.717) is 18.5 Å². The molecule has 1 saturated carbocycles. The molecule has 0 spiro atoms. The molecule has 40 heavy (non-hydrogen) atoms. The third-order valence-electron chi connectivity index (χ3n) is 8.67. The van der Waals surface area contributed by atoms with E-state index in [9.17, 15) is 4.79 Å². The van der Waals surface area contributed by atoms with Gasteiger partial charge in [-0.05, 0) is 69.2 Å². The number of carbonyl (C=O) groups is 1. The van der Waals surface area contributed by atoms with Crippen molar-refractivity contribution in [1.82, 2.24) is 24.8 Å². The van der Waals surface area contributed by atoms with Gasteiger partial charge in [0.1, 0.15) is 5.82 Å². The van der Waals surface area contributed by atoms with Gasteiger partial charge in [-0.1, -0.05) is 24.3 Å². The van der Waals surface area contributed by atoms with Crippen molar-refractivity contribution >= 4 is 37.2 Å². The van der Waals surface area contributed by atoms with Crippen LogP contribution < -0.4 is 14.9 Å². The number of nitrogens with zero attached hydrogens (tertiary/aromatic N) is 6. The molecule has 2 unspecified atom stereocenters. The maximum Gasteiger partial charge on any atom is 0.318 e. The van der Waals surface area contributed by atoms with Crippen LogP contribution >= 0.6 is 9.24 Å². The highest BCUT2D eigenvalue weighted by Gasteiger charge is 2.31. The molecule has 1 aromatic carbocycles. The van der Waals surface area contributed by atoms with Crippen molar-refractivity contribution in [3.05, 3.63) is 47.7 Å². The molecule has 0 bridgehead atoms. The smallest absolute Gasteiger partial charge is 0.318 e. The van der Waals surface area contributed by atoms with Crippen LogP contribution in [0.1, 0.15) is 49.1 Å². The van der Waals surface area contributed by atoms with Gasteiger partial charge in [0.2, 0.25) is 5.91 Å². The van der Waals surface area contributed by atoms with Crippen molar-refractivity contribution in [3.63, 3.8) is 0 Å². The van der Waals surface area contributed by atoms with Gasteiger partial charge in [-0.2, -0.15) is 9.97 Å². The first-order valence-corrected chi connectivity index (χ1v) is 15.0. The summed E-state index contributed by atoms with van der Waals surface area (Å²) in [5, 5.41) is 1.83. The number of hydrogen-bond acceptors (Lipinski definition) is 7. The number of likely N-dealkylation sites (N-methyl/N-ethyl adjacent to an activating group) is 1. The molecule has 3 aromatic rings. The predicted molar refractivity (Wildman–Crippen MR) is 164 cm³/mol. The van der Waals surface area contributed by atoms with Gasteiger partial charge >= 0.3 is 6.01 Å². The molecular weight excluding hydrogens is 519 g/mol. The Morgan fingerprint density at radius 2 is 1.98 bits per heavy atom. The van der Waals surface area contributed by atoms with Crippen molar-refractivity contribution in [1.29, 1.82) is 0 Å². The first-order valence-electron chi connectivity index (χ1n) is 14.4. The average molecular weight is 559 g/mol. The number of carbonyl (C=O) groups excluding carboxylic acids is 1. The second kappa shape index (κ2) is 11.4. The highest BCUT2D eigenvalue weighted by atomic mass is 31.0. The fourth-order valence-electron chi connectivity index (χ4n) is 6.25. The molecule has 3 aliphatic rings. The predicted octanol–water partition coefficient (Wildman–Crippen LogP) is 4.08. The zero-order valence-corrected chi connectivity index (χ0v) is 24.9. The zero-order chi connectivity index (χ0) is 27.8. The summed E-state index contributed by atoms with van der Waals surface area (Å²) < 4.78 is 5.56. The zero-order valence-electron chi connectivity index (χ0n) is 23.8. The fourth-order valence-corrected chi connectivity index (χ4v) is 6.70. The number of anilines is 1. The summed E-state index contributed by atoms with van der Waals surface area (Å²) in [5.41, 5.74) is 5.67. The highest BCUT2D eigenvalue weighted by molar-refractivity contribution is 7.28. The SMILES string of the molecule is COc1nc(N(C)C2CCN(C(=O)/C=C/CN3CCCC3)C2)c2cnc(-c3cccc(C)c3C3CC3)c(P)c2n1. The summed E-state index contributed by atoms with van der Waals surface area (Å²) in [6.07, 6.45) is 11.5. The van der Waals surface area contributed by atoms with E-state index in [4.69, 9.17) is 19.7 Å². The maximum atomic E-state index is 12.9. The Kier molecular flexibility index (Phi) is 7.74. The van der Waals surface area contributed by atoms with Crippen LogP contribution in [0.25, 0.3) is 22.2 Å². The second-order valence-corrected chi connectivity index (χ2v) is 12.0. The molecule has 1 amide bonds. The number of aromatic nitrogens is 3. The molecule has 2 aliphatic heterocycles. The Hall–Kier alpha value is -3.09. The number of methoxy groups -OCH3 is 1. The van der Waals surface area contributed by atoms with Crippen LogP contribution in [0, 0.1) is 6.92 Å². The van der Waals surface area contributed by atoms with Crippen molar-refractivity contribution in [3.8, 4) is 17.3 Å². The number of pyridine rings is 1. The van der Waals surface area contributed by atoms with Crippen LogP contribution in [0.4, 0.5) is 5.82 Å². The van der Waals surface area contributed by atoms with E-state index >= 15 is 0 Å². The van der Waals surface area contributed by atoms with Gasteiger partial charge in [-0.3, -0.25) is 14.7 Å². The van der Waals surface area contributed by atoms with Gasteiger partial charge in [-0.25, -0.2) is 0 Å². The quantitative estimate of drug-likeness (QED) is 0.305. The summed E-state index contributed by atoms with van der Waals surface area (Å²) in [6, 6.07) is 6.96. The molecule has 0 N–H and O–H groups in total. The molecule has 0 radical (unpaired) electrons. The fraction of sp³-hybridized carbons (Fsp3) is 0.484. The molecule has 2 aromatic heterocycles. The van der Waals surface area contributed by atoms with E-state index in [1.165, 1.54) is 42.4 Å². The molecule has 2 saturated heterocycles. The third kappa shape index (κ3) is 5.31. The average Bonchev–Trinajstić information content (AvgIpc) is 3.42. The number of likely N-dealkylation sites (tertiary alicyclic amines) is 2. The van der Waals surface area contributed by atoms with Gasteiger partial charge in [0, 0.05) is 55.9 Å². The van der Waals surface area contributed by atoms with Gasteiger partial charge in [0.05, 0.1) is 23.7 Å². The molecule has 210 valence electrons. The van der Waals surface area contributed by atoms with Crippen LogP contribution in [-0.4, -0.2) is 83.6 Å². The topological polar surface area (TPSA) is 74.7 Å². The lowest BCUT2D eigenvalue weighted by atomic mass is 9.95. The van der Waals surface area contributed by atoms with Crippen molar-refractivity contribution in [2.45, 2.75) is 51.0 Å². The van der Waals surface area contributed by atoms with Gasteiger partial charge in [0.15, 0.2) is 0 Å². The monoisotopic (exact) mass is 558 g/mol. The highest BCUT2D eigenvalue weighted by Crippen LogP contribution is 2.46. The molecule has 4 heterocycles. The third-order valence-corrected chi connectivity index (χ3v) is 9.21. The summed E-state index contributed by atoms with van der Waals surface area (Å²) in [5.74, 6) is 1.48. The number of benzene rings is 1. The van der Waals surface area contributed by atoms with Crippen LogP contribution in [0.15, 0.2) is 36.5 Å². The summed E-state index contributed by atoms with van der Waals surface area (Å²) in [6.45, 7) is 6.70. The van der Waals surface area contributed by atoms with Crippen molar-refractivity contribution in [2.24, 2.45) is 0 Å². The largest absolute Gasteiger partial charge is 0.467 e. The molecule has 2 atom stereocenters. The Morgan fingerprint density at radius 3 is 2.73 bits per heavy atom. The molecule has 8 nitrogen and oxygen atoms in total. The lowest BCUT2D eigenvalue weighted by Crippen LogP contribution is -2.37. The first kappa shape index (κ1) is 27.1. The minimum Gasteiger partial charge on any atom is -0.467 e. The summed E-state index contributed by atoms with van der Waals surface area (Å²) >= 11 is 0. The van der Waals surface area contributed by atoms with Gasteiger partial charge < -0.3 is 14.5 Å². The van der Waals surface area contributed by atoms with E-state index in [2.05, 4.69) is 44.2 Å². The van der Waals surface area contributed by atoms with E-state index in [0.717, 1.165) is 60.3 Å². The first-order chi connectivity index (χ1) is 19.4. The number of ether oxygens (including phenoxy) is 1. The van der Waals surface area contributed by atoms with E-state index in [1.54, 1.807) is 13.2 Å². The second-order valence-electron chi connectivity index (χ2n) is 11.4. The lowest BCUT2D eigenvalue weighted by molar-refractivity contribution is -0.125. The number of aryl methyl sites for hydroxylation is 1. The van der Waals surface area contributed by atoms with Crippen LogP contribution in [0.3, 0.4) is 0 Å². The normalized spacial score (nSPS) is 19.7. The molecular formula is C31H39N6O2P. The van der Waals surface area contributed by atoms with Crippen LogP contribution in [0.5, 0.6) is 6.01 Å². The number of amides is 1. The Morgan fingerprint density at radius 1 is 1.18 bits per heavy atom. The maximum absolute atomic E-state index is 12.9. The van der Waals surface area contributed by atoms with Gasteiger partial charge in [0.25, 0.3) is 0 Å². The number of hydrogen-bond donors (Lipinski definition) is 0. The molecule has 3 fully saturated rings. The van der Waals surface area contributed by atoms with Crippen molar-refractivity contribution in [2.75, 3.05) is 51.8 Å². The van der Waals surface area contributed by atoms with Crippen LogP contribution in [0.2, 0.25) is 0 Å². The summed E-state index contributed by atoms with van der Waals surface area (Å²) in [7, 11) is 6.53. The van der Waals surface area contributed by atoms with E-state index < -0.39 is 0 Å². The number of fused-ring (bicyclic) bond motifs is 1. The minimum absolute atomic E-state index is 0.0865. The Balaban J connectivity index is 1.26. The standard InChI is InChI=1S/C31H39N6O2P/c1-20-8-6-9-23(26(20)21-11-12-21)27-29(40)28-24(18-32-27)30(34-31(33-28)39-3)35(2)22-13-17-37(19-22)25(38)10-7-16-36-14-4-5-15-36/h6-10,18,21-22H,4-5,11-17,19,40H2,1-3H3/b10-7+. The molecule has 6 rings (SSSR count). The lowest BCUT2D eigenvalue weighted by Gasteiger charge is -2.27. The van der Waals surface area contributed by atoms with E-state index in [1.807, 2.05) is 24.2 Å². The summed E-state index contributed by atoms with van der Waals surface area (Å²) in [4.78, 5) is 33.9. The minimum atomic E-state index is 0.0865. The Labute approximate surface area is 239 Å². The van der Waals surface area contributed by atoms with Crippen molar-refractivity contribution < 1.29 is 9.53 Å². The van der Waals surface area contributed by atoms with Gasteiger partial charge in [-0.15, -0.1) is 9.24 Å².